The molecule has 2 atom stereocenters. The number of hydrogen-bond acceptors (Lipinski definition) is 5. The number of piperidine rings is 1. The fourth-order valence-electron chi connectivity index (χ4n) is 2.36. The number of cyclic esters (lactones) is 1. The van der Waals surface area contributed by atoms with Crippen LogP contribution in [0.15, 0.2) is 0 Å². The van der Waals surface area contributed by atoms with Gasteiger partial charge in [-0.2, -0.15) is 0 Å². The average Bonchev–Trinajstić information content (AvgIpc) is 2.24. The largest absolute Gasteiger partial charge is 0.461 e. The molecule has 0 aromatic heterocycles. The van der Waals surface area contributed by atoms with E-state index in [4.69, 9.17) is 4.74 Å². The number of carbonyl (C=O) groups excluding carboxylic acids is 4. The average molecular weight is 253 g/mol. The lowest BCUT2D eigenvalue weighted by Gasteiger charge is -2.29. The van der Waals surface area contributed by atoms with E-state index in [0.717, 1.165) is 0 Å². The van der Waals surface area contributed by atoms with Crippen molar-refractivity contribution in [1.82, 2.24) is 5.32 Å². The van der Waals surface area contributed by atoms with E-state index in [1.165, 1.54) is 6.92 Å². The Hall–Kier alpha value is -1.72. The molecule has 2 amide bonds. The Morgan fingerprint density at radius 3 is 2.28 bits per heavy atom. The third kappa shape index (κ3) is 2.75. The standard InChI is InChI=1S/C12H15NO5/c1-6-9(14)5-8(18-12(6)17)2-7-3-10(15)13-11(16)4-7/h6-8H,2-5H2,1H3,(H,13,15,16). The first-order chi connectivity index (χ1) is 8.45. The van der Waals surface area contributed by atoms with Gasteiger partial charge in [-0.3, -0.25) is 24.5 Å². The van der Waals surface area contributed by atoms with Crippen LogP contribution in [0.2, 0.25) is 0 Å². The SMILES string of the molecule is CC1C(=O)CC(CC2CC(=O)NC(=O)C2)OC1=O. The van der Waals surface area contributed by atoms with Crippen LogP contribution < -0.4 is 5.32 Å². The molecule has 6 nitrogen and oxygen atoms in total. The van der Waals surface area contributed by atoms with Gasteiger partial charge in [0.25, 0.3) is 0 Å². The minimum absolute atomic E-state index is 0.136. The summed E-state index contributed by atoms with van der Waals surface area (Å²) in [4.78, 5) is 45.3. The minimum atomic E-state index is -0.697. The highest BCUT2D eigenvalue weighted by Gasteiger charge is 2.36. The van der Waals surface area contributed by atoms with Gasteiger partial charge in [0.15, 0.2) is 5.78 Å². The van der Waals surface area contributed by atoms with Crippen molar-refractivity contribution in [3.63, 3.8) is 0 Å². The molecule has 0 spiro atoms. The molecule has 98 valence electrons. The van der Waals surface area contributed by atoms with Crippen LogP contribution in [0.5, 0.6) is 0 Å². The van der Waals surface area contributed by atoms with Crippen LogP contribution in [-0.4, -0.2) is 29.7 Å². The topological polar surface area (TPSA) is 89.5 Å². The molecule has 0 saturated carbocycles. The number of imide groups is 1. The van der Waals surface area contributed by atoms with Crippen LogP contribution in [0.1, 0.15) is 32.6 Å². The van der Waals surface area contributed by atoms with Crippen molar-refractivity contribution in [2.24, 2.45) is 11.8 Å². The molecule has 0 aromatic carbocycles. The molecule has 2 rings (SSSR count). The van der Waals surface area contributed by atoms with Crippen LogP contribution in [0.3, 0.4) is 0 Å². The lowest BCUT2D eigenvalue weighted by molar-refractivity contribution is -0.164. The maximum atomic E-state index is 11.5. The van der Waals surface area contributed by atoms with E-state index in [1.807, 2.05) is 0 Å². The van der Waals surface area contributed by atoms with E-state index in [-0.39, 0.29) is 42.8 Å². The molecule has 18 heavy (non-hydrogen) atoms. The van der Waals surface area contributed by atoms with Gasteiger partial charge in [-0.25, -0.2) is 0 Å². The molecular formula is C12H15NO5. The number of amides is 2. The van der Waals surface area contributed by atoms with Crippen molar-refractivity contribution in [3.05, 3.63) is 0 Å². The number of rotatable bonds is 2. The Morgan fingerprint density at radius 2 is 1.72 bits per heavy atom. The third-order valence-corrected chi connectivity index (χ3v) is 3.37. The van der Waals surface area contributed by atoms with Crippen molar-refractivity contribution in [3.8, 4) is 0 Å². The fraction of sp³-hybridized carbons (Fsp3) is 0.667. The van der Waals surface area contributed by atoms with Crippen LogP contribution >= 0.6 is 0 Å². The summed E-state index contributed by atoms with van der Waals surface area (Å²) in [6.07, 6.45) is 0.556. The second-order valence-corrected chi connectivity index (χ2v) is 4.93. The zero-order valence-electron chi connectivity index (χ0n) is 10.1. The van der Waals surface area contributed by atoms with Gasteiger partial charge in [0.05, 0.1) is 0 Å². The Balaban J connectivity index is 1.93. The van der Waals surface area contributed by atoms with Crippen molar-refractivity contribution in [1.29, 1.82) is 0 Å². The molecule has 2 saturated heterocycles. The molecule has 2 unspecified atom stereocenters. The summed E-state index contributed by atoms with van der Waals surface area (Å²) >= 11 is 0. The summed E-state index contributed by atoms with van der Waals surface area (Å²) in [5.74, 6) is -2.11. The second kappa shape index (κ2) is 4.88. The highest BCUT2D eigenvalue weighted by Crippen LogP contribution is 2.26. The van der Waals surface area contributed by atoms with Gasteiger partial charge in [0, 0.05) is 19.3 Å². The summed E-state index contributed by atoms with van der Waals surface area (Å²) in [6, 6.07) is 0. The normalized spacial score (nSPS) is 30.1. The van der Waals surface area contributed by atoms with Crippen LogP contribution in [0, 0.1) is 11.8 Å². The number of esters is 1. The van der Waals surface area contributed by atoms with Crippen LogP contribution in [0.25, 0.3) is 0 Å². The van der Waals surface area contributed by atoms with Gasteiger partial charge in [-0.1, -0.05) is 0 Å². The minimum Gasteiger partial charge on any atom is -0.461 e. The fourth-order valence-corrected chi connectivity index (χ4v) is 2.36. The van der Waals surface area contributed by atoms with Crippen molar-refractivity contribution in [2.45, 2.75) is 38.7 Å². The third-order valence-electron chi connectivity index (χ3n) is 3.37. The summed E-state index contributed by atoms with van der Waals surface area (Å²) in [5, 5.41) is 2.22. The molecule has 0 radical (unpaired) electrons. The van der Waals surface area contributed by atoms with Gasteiger partial charge in [0.2, 0.25) is 11.8 Å². The molecular weight excluding hydrogens is 238 g/mol. The molecule has 2 aliphatic heterocycles. The maximum Gasteiger partial charge on any atom is 0.316 e. The van der Waals surface area contributed by atoms with Gasteiger partial charge < -0.3 is 4.74 Å². The van der Waals surface area contributed by atoms with Crippen LogP contribution in [0.4, 0.5) is 0 Å². The molecule has 6 heteroatoms. The molecule has 1 N–H and O–H groups in total. The zero-order valence-corrected chi connectivity index (χ0v) is 10.1. The molecule has 0 bridgehead atoms. The van der Waals surface area contributed by atoms with Gasteiger partial charge >= 0.3 is 5.97 Å². The molecule has 2 aliphatic rings. The number of ketones is 1. The number of hydrogen-bond donors (Lipinski definition) is 1. The second-order valence-electron chi connectivity index (χ2n) is 4.93. The van der Waals surface area contributed by atoms with E-state index in [1.54, 1.807) is 0 Å². The van der Waals surface area contributed by atoms with E-state index < -0.39 is 18.0 Å². The van der Waals surface area contributed by atoms with Crippen LogP contribution in [-0.2, 0) is 23.9 Å². The predicted molar refractivity (Wildman–Crippen MR) is 59.2 cm³/mol. The maximum absolute atomic E-state index is 11.5. The summed E-state index contributed by atoms with van der Waals surface area (Å²) < 4.78 is 5.14. The van der Waals surface area contributed by atoms with E-state index in [0.29, 0.717) is 6.42 Å². The monoisotopic (exact) mass is 253 g/mol. The highest BCUT2D eigenvalue weighted by atomic mass is 16.5. The Bertz CT molecular complexity index is 383. The number of ether oxygens (including phenoxy) is 1. The lowest BCUT2D eigenvalue weighted by Crippen LogP contribution is -2.42. The molecule has 0 aliphatic carbocycles. The van der Waals surface area contributed by atoms with Crippen molar-refractivity contribution in [2.75, 3.05) is 0 Å². The number of nitrogens with one attached hydrogen (secondary N) is 1. The Morgan fingerprint density at radius 1 is 1.11 bits per heavy atom. The first-order valence-corrected chi connectivity index (χ1v) is 6.01. The van der Waals surface area contributed by atoms with Gasteiger partial charge in [-0.15, -0.1) is 0 Å². The van der Waals surface area contributed by atoms with Crippen molar-refractivity contribution >= 4 is 23.6 Å². The smallest absolute Gasteiger partial charge is 0.316 e. The first kappa shape index (κ1) is 12.7. The lowest BCUT2D eigenvalue weighted by atomic mass is 9.87. The number of Topliss-reactive ketones (excluding diaryl/α,β-unsaturated/α-hetero) is 1. The van der Waals surface area contributed by atoms with E-state index >= 15 is 0 Å². The molecule has 0 aromatic rings. The summed E-state index contributed by atoms with van der Waals surface area (Å²) in [7, 11) is 0. The summed E-state index contributed by atoms with van der Waals surface area (Å²) in [6.45, 7) is 1.53. The quantitative estimate of drug-likeness (QED) is 0.423. The zero-order chi connectivity index (χ0) is 13.3. The molecule has 2 heterocycles. The predicted octanol–water partition coefficient (Wildman–Crippen LogP) is -0.0500. The van der Waals surface area contributed by atoms with Crippen molar-refractivity contribution < 1.29 is 23.9 Å². The van der Waals surface area contributed by atoms with E-state index in [9.17, 15) is 19.2 Å². The highest BCUT2D eigenvalue weighted by molar-refractivity contribution is 6.00. The van der Waals surface area contributed by atoms with Gasteiger partial charge in [-0.05, 0) is 19.3 Å². The first-order valence-electron chi connectivity index (χ1n) is 6.01. The Labute approximate surface area is 104 Å². The molecule has 2 fully saturated rings. The summed E-state index contributed by atoms with van der Waals surface area (Å²) in [5.41, 5.74) is 0. The Kier molecular flexibility index (Phi) is 3.45. The van der Waals surface area contributed by atoms with E-state index in [2.05, 4.69) is 5.32 Å². The van der Waals surface area contributed by atoms with Gasteiger partial charge in [0.1, 0.15) is 12.0 Å². The number of carbonyl (C=O) groups is 4.